The normalized spacial score (nSPS) is 7.92. The van der Waals surface area contributed by atoms with Gasteiger partial charge in [-0.3, -0.25) is 0 Å². The Kier molecular flexibility index (Phi) is 43.2. The summed E-state index contributed by atoms with van der Waals surface area (Å²) in [4.78, 5) is 0. The molecule has 0 radical (unpaired) electrons. The van der Waals surface area contributed by atoms with Crippen LogP contribution in [0.5, 0.6) is 0 Å². The van der Waals surface area contributed by atoms with Crippen molar-refractivity contribution >= 4 is 16.3 Å². The standard InChI is InChI=1S/C8H17.2CH3O.Al/c1-3-5-7-8-6-4-2;2*1-2;/h1,3-8H2,2H3;2*1H3;/q;2*-1;+2. The van der Waals surface area contributed by atoms with Crippen LogP contribution >= 0.6 is 0 Å². The average molecular weight is 202 g/mol. The number of hydrogen-bond acceptors (Lipinski definition) is 2. The van der Waals surface area contributed by atoms with E-state index in [0.717, 1.165) is 14.2 Å². The minimum absolute atomic E-state index is 0.750. The van der Waals surface area contributed by atoms with Gasteiger partial charge in [0.25, 0.3) is 0 Å². The van der Waals surface area contributed by atoms with E-state index in [1.165, 1.54) is 43.8 Å². The predicted molar refractivity (Wildman–Crippen MR) is 55.8 cm³/mol. The van der Waals surface area contributed by atoms with Gasteiger partial charge in [-0.25, -0.2) is 0 Å². The molecule has 0 N–H and O–H groups in total. The minimum Gasteiger partial charge on any atom is -0.857 e. The van der Waals surface area contributed by atoms with Crippen molar-refractivity contribution in [2.24, 2.45) is 0 Å². The third kappa shape index (κ3) is 32.7. The summed E-state index contributed by atoms with van der Waals surface area (Å²) in [5, 5.41) is 17.8. The molecule has 0 unspecified atom stereocenters. The molecule has 0 aliphatic carbocycles. The van der Waals surface area contributed by atoms with Gasteiger partial charge in [-0.05, 0) is 0 Å². The van der Waals surface area contributed by atoms with Gasteiger partial charge in [-0.15, -0.1) is 0 Å². The van der Waals surface area contributed by atoms with Crippen molar-refractivity contribution in [3.8, 4) is 0 Å². The van der Waals surface area contributed by atoms with Gasteiger partial charge in [-0.1, -0.05) is 0 Å². The van der Waals surface area contributed by atoms with Gasteiger partial charge in [0.2, 0.25) is 0 Å². The van der Waals surface area contributed by atoms with Crippen LogP contribution in [0.4, 0.5) is 0 Å². The molecule has 0 saturated carbocycles. The molecule has 0 rings (SSSR count). The Morgan fingerprint density at radius 3 is 1.54 bits per heavy atom. The summed E-state index contributed by atoms with van der Waals surface area (Å²) in [6, 6.07) is 0. The van der Waals surface area contributed by atoms with Crippen molar-refractivity contribution in [3.63, 3.8) is 0 Å². The van der Waals surface area contributed by atoms with Crippen LogP contribution in [0.25, 0.3) is 0 Å². The van der Waals surface area contributed by atoms with Crippen LogP contribution in [-0.2, 0) is 0 Å². The van der Waals surface area contributed by atoms with E-state index in [4.69, 9.17) is 10.2 Å². The van der Waals surface area contributed by atoms with Crippen molar-refractivity contribution in [2.75, 3.05) is 14.2 Å². The first-order valence-electron chi connectivity index (χ1n) is 4.93. The molecule has 0 aromatic carbocycles. The van der Waals surface area contributed by atoms with Crippen molar-refractivity contribution < 1.29 is 10.2 Å². The summed E-state index contributed by atoms with van der Waals surface area (Å²) in [6.07, 6.45) is 8.51. The number of hydrogen-bond donors (Lipinski definition) is 0. The maximum absolute atomic E-state index is 8.25. The smallest absolute Gasteiger partial charge is 0.153 e. The molecular formula is C10H23AlO2. The fraction of sp³-hybridized carbons (Fsp3) is 1.00. The first kappa shape index (κ1) is 19.1. The largest absolute Gasteiger partial charge is 0.857 e. The molecule has 0 spiro atoms. The zero-order chi connectivity index (χ0) is 10.9. The Labute approximate surface area is 91.8 Å². The van der Waals surface area contributed by atoms with Crippen LogP contribution in [0.1, 0.15) is 45.4 Å². The molecule has 0 bridgehead atoms. The van der Waals surface area contributed by atoms with Crippen LogP contribution in [0.3, 0.4) is 0 Å². The first-order chi connectivity index (χ1) is 6.41. The monoisotopic (exact) mass is 202 g/mol. The Morgan fingerprint density at radius 2 is 1.15 bits per heavy atom. The summed E-state index contributed by atoms with van der Waals surface area (Å²) in [7, 11) is 1.50. The maximum Gasteiger partial charge on any atom is -0.153 e. The Hall–Kier alpha value is 0.452. The molecular weight excluding hydrogens is 179 g/mol. The Bertz CT molecular complexity index is 46.2. The van der Waals surface area contributed by atoms with Gasteiger partial charge in [0.05, 0.1) is 0 Å². The summed E-state index contributed by atoms with van der Waals surface area (Å²) in [6.45, 7) is 2.26. The molecule has 78 valence electrons. The van der Waals surface area contributed by atoms with Crippen molar-refractivity contribution in [1.29, 1.82) is 0 Å². The number of unbranched alkanes of at least 4 members (excludes halogenated alkanes) is 5. The molecule has 0 amide bonds. The summed E-state index contributed by atoms with van der Waals surface area (Å²) >= 11 is 2.78. The molecule has 0 aromatic rings. The van der Waals surface area contributed by atoms with E-state index in [1.54, 1.807) is 0 Å². The molecule has 2 nitrogen and oxygen atoms in total. The van der Waals surface area contributed by atoms with Crippen molar-refractivity contribution in [1.82, 2.24) is 0 Å². The molecule has 0 fully saturated rings. The van der Waals surface area contributed by atoms with Crippen LogP contribution in [-0.4, -0.2) is 30.5 Å². The van der Waals surface area contributed by atoms with Crippen molar-refractivity contribution in [3.05, 3.63) is 0 Å². The van der Waals surface area contributed by atoms with Gasteiger partial charge < -0.3 is 10.2 Å². The fourth-order valence-corrected chi connectivity index (χ4v) is 1.21. The SMILES string of the molecule is CCCCCCC[CH2][Al+2].C[O-].C[O-]. The van der Waals surface area contributed by atoms with Gasteiger partial charge in [0.15, 0.2) is 0 Å². The third-order valence-electron chi connectivity index (χ3n) is 1.56. The van der Waals surface area contributed by atoms with Crippen LogP contribution < -0.4 is 10.2 Å². The van der Waals surface area contributed by atoms with Gasteiger partial charge in [-0.2, -0.15) is 14.2 Å². The second-order valence-corrected chi connectivity index (χ2v) is 3.13. The molecule has 0 atom stereocenters. The Balaban J connectivity index is -0.000000218. The van der Waals surface area contributed by atoms with E-state index in [9.17, 15) is 0 Å². The van der Waals surface area contributed by atoms with Crippen LogP contribution in [0, 0.1) is 0 Å². The molecule has 0 aliphatic rings. The zero-order valence-corrected chi connectivity index (χ0v) is 10.5. The second kappa shape index (κ2) is 29.4. The number of rotatable bonds is 6. The van der Waals surface area contributed by atoms with E-state index in [2.05, 4.69) is 23.2 Å². The van der Waals surface area contributed by atoms with E-state index < -0.39 is 0 Å². The molecule has 13 heavy (non-hydrogen) atoms. The molecule has 3 heteroatoms. The minimum atomic E-state index is 0.750. The molecule has 0 heterocycles. The van der Waals surface area contributed by atoms with Crippen LogP contribution in [0.2, 0.25) is 5.28 Å². The fourth-order valence-electron chi connectivity index (χ4n) is 0.925. The van der Waals surface area contributed by atoms with E-state index >= 15 is 0 Å². The predicted octanol–water partition coefficient (Wildman–Crippen LogP) is 0.887. The topological polar surface area (TPSA) is 46.1 Å². The van der Waals surface area contributed by atoms with E-state index in [0.29, 0.717) is 0 Å². The molecule has 0 aromatic heterocycles. The molecule has 0 aliphatic heterocycles. The van der Waals surface area contributed by atoms with E-state index in [1.807, 2.05) is 0 Å². The van der Waals surface area contributed by atoms with Gasteiger partial charge in [0, 0.05) is 0 Å². The first-order valence-corrected chi connectivity index (χ1v) is 5.75. The van der Waals surface area contributed by atoms with Crippen molar-refractivity contribution in [2.45, 2.75) is 50.7 Å². The molecule has 0 saturated heterocycles. The zero-order valence-electron chi connectivity index (χ0n) is 9.34. The maximum atomic E-state index is 8.25. The Morgan fingerprint density at radius 1 is 0.769 bits per heavy atom. The quantitative estimate of drug-likeness (QED) is 0.474. The summed E-state index contributed by atoms with van der Waals surface area (Å²) < 4.78 is 0. The summed E-state index contributed by atoms with van der Waals surface area (Å²) in [5.41, 5.74) is 0. The average Bonchev–Trinajstić information content (AvgIpc) is 2.24. The van der Waals surface area contributed by atoms with Crippen LogP contribution in [0.15, 0.2) is 0 Å². The van der Waals surface area contributed by atoms with E-state index in [-0.39, 0.29) is 0 Å². The van der Waals surface area contributed by atoms with Gasteiger partial charge >= 0.3 is 67.0 Å². The third-order valence-corrected chi connectivity index (χ3v) is 1.97. The second-order valence-electron chi connectivity index (χ2n) is 2.56. The summed E-state index contributed by atoms with van der Waals surface area (Å²) in [5.74, 6) is 0. The van der Waals surface area contributed by atoms with Gasteiger partial charge in [0.1, 0.15) is 0 Å².